The number of aliphatic hydroxyl groups is 1. The largest absolute Gasteiger partial charge is 0.508 e. The molecule has 1 aliphatic carbocycles. The lowest BCUT2D eigenvalue weighted by molar-refractivity contribution is -0.141. The predicted molar refractivity (Wildman–Crippen MR) is 118 cm³/mol. The lowest BCUT2D eigenvalue weighted by Crippen LogP contribution is -2.40. The number of hydrogen-bond donors (Lipinski definition) is 2. The van der Waals surface area contributed by atoms with Gasteiger partial charge >= 0.3 is 0 Å². The second-order valence-electron chi connectivity index (χ2n) is 8.05. The van der Waals surface area contributed by atoms with Crippen LogP contribution in [0, 0.1) is 6.92 Å². The summed E-state index contributed by atoms with van der Waals surface area (Å²) >= 11 is 3.45. The highest BCUT2D eigenvalue weighted by Crippen LogP contribution is 2.43. The minimum atomic E-state index is -0.669. The summed E-state index contributed by atoms with van der Waals surface area (Å²) in [6.07, 6.45) is 4.85. The quantitative estimate of drug-likeness (QED) is 0.367. The Labute approximate surface area is 184 Å². The van der Waals surface area contributed by atoms with Crippen molar-refractivity contribution >= 4 is 33.4 Å². The molecule has 1 heterocycles. The van der Waals surface area contributed by atoms with E-state index in [1.165, 1.54) is 0 Å². The summed E-state index contributed by atoms with van der Waals surface area (Å²) in [7, 11) is 0. The number of rotatable bonds is 3. The monoisotopic (exact) mass is 469 g/mol. The number of carbonyl (C=O) groups is 2. The van der Waals surface area contributed by atoms with Crippen LogP contribution in [0.2, 0.25) is 0 Å². The molecule has 30 heavy (non-hydrogen) atoms. The number of likely N-dealkylation sites (tertiary alicyclic amines) is 1. The van der Waals surface area contributed by atoms with Crippen molar-refractivity contribution in [2.24, 2.45) is 0 Å². The molecule has 1 unspecified atom stereocenters. The van der Waals surface area contributed by atoms with Gasteiger partial charge in [0.15, 0.2) is 0 Å². The van der Waals surface area contributed by atoms with Gasteiger partial charge < -0.3 is 15.1 Å². The molecule has 4 rings (SSSR count). The van der Waals surface area contributed by atoms with Crippen LogP contribution >= 0.6 is 15.9 Å². The van der Waals surface area contributed by atoms with E-state index in [4.69, 9.17) is 0 Å². The lowest BCUT2D eigenvalue weighted by atomic mass is 9.91. The maximum Gasteiger partial charge on any atom is 0.295 e. The van der Waals surface area contributed by atoms with E-state index in [0.29, 0.717) is 11.1 Å². The van der Waals surface area contributed by atoms with E-state index in [2.05, 4.69) is 15.9 Å². The van der Waals surface area contributed by atoms with Crippen molar-refractivity contribution in [2.45, 2.75) is 51.1 Å². The number of aryl methyl sites for hydroxylation is 1. The average molecular weight is 470 g/mol. The smallest absolute Gasteiger partial charge is 0.295 e. The Kier molecular flexibility index (Phi) is 5.69. The molecule has 0 bridgehead atoms. The minimum Gasteiger partial charge on any atom is -0.508 e. The van der Waals surface area contributed by atoms with E-state index in [1.807, 2.05) is 13.0 Å². The number of phenols is 1. The molecule has 0 radical (unpaired) electrons. The van der Waals surface area contributed by atoms with Crippen LogP contribution in [0.25, 0.3) is 5.76 Å². The van der Waals surface area contributed by atoms with Crippen LogP contribution in [0.4, 0.5) is 0 Å². The van der Waals surface area contributed by atoms with E-state index >= 15 is 0 Å². The number of aromatic hydroxyl groups is 1. The van der Waals surface area contributed by atoms with E-state index < -0.39 is 17.7 Å². The maximum absolute atomic E-state index is 13.1. The normalized spacial score (nSPS) is 21.9. The molecule has 2 aromatic rings. The summed E-state index contributed by atoms with van der Waals surface area (Å²) in [4.78, 5) is 27.9. The minimum absolute atomic E-state index is 0.0362. The topological polar surface area (TPSA) is 77.8 Å². The number of carbonyl (C=O) groups excluding carboxylic acids is 2. The van der Waals surface area contributed by atoms with E-state index in [1.54, 1.807) is 41.3 Å². The molecule has 1 atom stereocenters. The highest BCUT2D eigenvalue weighted by Gasteiger charge is 2.48. The predicted octanol–water partition coefficient (Wildman–Crippen LogP) is 5.22. The number of benzene rings is 2. The average Bonchev–Trinajstić information content (AvgIpc) is 3.01. The molecule has 0 spiro atoms. The number of hydrogen-bond acceptors (Lipinski definition) is 4. The summed E-state index contributed by atoms with van der Waals surface area (Å²) in [6, 6.07) is 11.1. The van der Waals surface area contributed by atoms with Gasteiger partial charge in [-0.15, -0.1) is 0 Å². The van der Waals surface area contributed by atoms with Crippen LogP contribution in [-0.4, -0.2) is 32.8 Å². The second-order valence-corrected chi connectivity index (χ2v) is 8.91. The summed E-state index contributed by atoms with van der Waals surface area (Å²) in [6.45, 7) is 1.90. The third-order valence-electron chi connectivity index (χ3n) is 6.09. The zero-order chi connectivity index (χ0) is 21.4. The number of Topliss-reactive ketones (excluding diaryl/α,β-unsaturated/α-hetero) is 1. The first-order valence-electron chi connectivity index (χ1n) is 10.2. The molecule has 1 saturated heterocycles. The van der Waals surface area contributed by atoms with Gasteiger partial charge in [0.2, 0.25) is 0 Å². The molecule has 2 N–H and O–H groups in total. The number of amides is 1. The number of ketones is 1. The second kappa shape index (κ2) is 8.26. The van der Waals surface area contributed by atoms with Crippen LogP contribution in [0.15, 0.2) is 52.5 Å². The highest BCUT2D eigenvalue weighted by atomic mass is 79.9. The molecular weight excluding hydrogens is 446 g/mol. The number of nitrogens with zero attached hydrogens (tertiary/aromatic N) is 1. The Morgan fingerprint density at radius 1 is 1.03 bits per heavy atom. The van der Waals surface area contributed by atoms with Crippen molar-refractivity contribution in [3.8, 4) is 5.75 Å². The molecule has 6 heteroatoms. The maximum atomic E-state index is 13.1. The van der Waals surface area contributed by atoms with Crippen molar-refractivity contribution in [3.05, 3.63) is 69.2 Å². The highest BCUT2D eigenvalue weighted by molar-refractivity contribution is 9.10. The SMILES string of the molecule is Cc1cc(/C(O)=C2/C(=O)C(=O)N(C3CCCCC3)C2c2ccc(O)cc2)ccc1Br. The molecule has 2 fully saturated rings. The van der Waals surface area contributed by atoms with E-state index in [9.17, 15) is 19.8 Å². The lowest BCUT2D eigenvalue weighted by Gasteiger charge is -2.35. The number of aliphatic hydroxyl groups excluding tert-OH is 1. The summed E-state index contributed by atoms with van der Waals surface area (Å²) < 4.78 is 0.900. The first kappa shape index (κ1) is 20.7. The van der Waals surface area contributed by atoms with Gasteiger partial charge in [0.25, 0.3) is 11.7 Å². The molecule has 5 nitrogen and oxygen atoms in total. The van der Waals surface area contributed by atoms with Crippen LogP contribution < -0.4 is 0 Å². The van der Waals surface area contributed by atoms with Gasteiger partial charge in [-0.2, -0.15) is 0 Å². The van der Waals surface area contributed by atoms with Gasteiger partial charge in [-0.25, -0.2) is 0 Å². The van der Waals surface area contributed by atoms with Gasteiger partial charge in [0.1, 0.15) is 11.5 Å². The van der Waals surface area contributed by atoms with Crippen molar-refractivity contribution < 1.29 is 19.8 Å². The Morgan fingerprint density at radius 3 is 2.33 bits per heavy atom. The van der Waals surface area contributed by atoms with Crippen LogP contribution in [0.3, 0.4) is 0 Å². The zero-order valence-corrected chi connectivity index (χ0v) is 18.4. The molecule has 1 aliphatic heterocycles. The standard InChI is InChI=1S/C24H24BrNO4/c1-14-13-16(9-12-19(14)25)22(28)20-21(15-7-10-18(27)11-8-15)26(24(30)23(20)29)17-5-3-2-4-6-17/h7-13,17,21,27-28H,2-6H2,1H3/b22-20-. The molecule has 0 aromatic heterocycles. The molecule has 1 saturated carbocycles. The molecular formula is C24H24BrNO4. The summed E-state index contributed by atoms with van der Waals surface area (Å²) in [5.41, 5.74) is 2.23. The molecule has 156 valence electrons. The van der Waals surface area contributed by atoms with Gasteiger partial charge in [-0.05, 0) is 55.2 Å². The Bertz CT molecular complexity index is 1020. The Hall–Kier alpha value is -2.60. The third-order valence-corrected chi connectivity index (χ3v) is 6.98. The Morgan fingerprint density at radius 2 is 1.70 bits per heavy atom. The van der Waals surface area contributed by atoms with Crippen molar-refractivity contribution in [1.82, 2.24) is 4.90 Å². The third kappa shape index (κ3) is 3.65. The number of phenolic OH excluding ortho intramolecular Hbond substituents is 1. The summed E-state index contributed by atoms with van der Waals surface area (Å²) in [5.74, 6) is -1.27. The van der Waals surface area contributed by atoms with Gasteiger partial charge in [0.05, 0.1) is 11.6 Å². The Balaban J connectivity index is 1.88. The van der Waals surface area contributed by atoms with E-state index in [-0.39, 0.29) is 23.1 Å². The van der Waals surface area contributed by atoms with Gasteiger partial charge in [-0.1, -0.05) is 53.4 Å². The fourth-order valence-electron chi connectivity index (χ4n) is 4.52. The van der Waals surface area contributed by atoms with Gasteiger partial charge in [-0.3, -0.25) is 9.59 Å². The first-order chi connectivity index (χ1) is 14.4. The molecule has 2 aliphatic rings. The van der Waals surface area contributed by atoms with Crippen molar-refractivity contribution in [3.63, 3.8) is 0 Å². The van der Waals surface area contributed by atoms with E-state index in [0.717, 1.165) is 42.1 Å². The first-order valence-corrected chi connectivity index (χ1v) is 11.0. The fourth-order valence-corrected chi connectivity index (χ4v) is 4.76. The van der Waals surface area contributed by atoms with Crippen LogP contribution in [0.5, 0.6) is 5.75 Å². The van der Waals surface area contributed by atoms with Gasteiger partial charge in [0, 0.05) is 16.1 Å². The van der Waals surface area contributed by atoms with Crippen LogP contribution in [0.1, 0.15) is 54.8 Å². The van der Waals surface area contributed by atoms with Crippen molar-refractivity contribution in [2.75, 3.05) is 0 Å². The summed E-state index contributed by atoms with van der Waals surface area (Å²) in [5, 5.41) is 20.9. The molecule has 1 amide bonds. The number of halogens is 1. The fraction of sp³-hybridized carbons (Fsp3) is 0.333. The van der Waals surface area contributed by atoms with Crippen LogP contribution in [-0.2, 0) is 9.59 Å². The van der Waals surface area contributed by atoms with Crippen molar-refractivity contribution in [1.29, 1.82) is 0 Å². The zero-order valence-electron chi connectivity index (χ0n) is 16.8. The molecule has 2 aromatic carbocycles.